The molecule has 1 unspecified atom stereocenters. The van der Waals surface area contributed by atoms with Crippen LogP contribution < -0.4 is 10.6 Å². The number of piperidine rings is 1. The average Bonchev–Trinajstić information content (AvgIpc) is 3.29. The van der Waals surface area contributed by atoms with Crippen molar-refractivity contribution in [1.29, 1.82) is 0 Å². The van der Waals surface area contributed by atoms with Gasteiger partial charge in [-0.15, -0.1) is 0 Å². The largest absolute Gasteiger partial charge is 0.394 e. The zero-order chi connectivity index (χ0) is 33.0. The lowest BCUT2D eigenvalue weighted by molar-refractivity contribution is -0.136. The van der Waals surface area contributed by atoms with Crippen LogP contribution in [0.2, 0.25) is 0 Å². The summed E-state index contributed by atoms with van der Waals surface area (Å²) in [6.45, 7) is 5.46. The molecule has 1 saturated heterocycles. The molecule has 0 aliphatic carbocycles. The second-order valence-electron chi connectivity index (χ2n) is 10.4. The van der Waals surface area contributed by atoms with Gasteiger partial charge >= 0.3 is 0 Å². The van der Waals surface area contributed by atoms with Crippen LogP contribution in [0.4, 0.5) is 5.69 Å². The van der Waals surface area contributed by atoms with Crippen molar-refractivity contribution >= 4 is 35.2 Å². The number of unbranched alkanes of at least 4 members (excludes halogenated alkanes) is 2. The van der Waals surface area contributed by atoms with E-state index >= 15 is 0 Å². The highest BCUT2D eigenvalue weighted by Gasteiger charge is 2.45. The van der Waals surface area contributed by atoms with Crippen molar-refractivity contribution in [2.75, 3.05) is 91.2 Å². The first-order chi connectivity index (χ1) is 22.4. The fourth-order valence-corrected chi connectivity index (χ4v) is 4.76. The highest BCUT2D eigenvalue weighted by Crippen LogP contribution is 2.32. The first-order valence-electron chi connectivity index (χ1n) is 15.7. The van der Waals surface area contributed by atoms with Crippen LogP contribution in [-0.4, -0.2) is 131 Å². The molecule has 2 aliphatic rings. The quantitative estimate of drug-likeness (QED) is 0.0992. The molecule has 1 aromatic carbocycles. The standard InChI is InChI=1S/C31H45N3O12/c35-10-12-42-14-16-44-18-20-46-22-21-45-19-17-43-15-13-41-11-3-1-2-7-26(36)32-24-6-4-5-23-28(24)31(40)34(30(23)39)25-8-9-27(37)33-29(25)38/h4-6,25,35H,1-3,7-22H2,(H,32,36)(H,33,37,38). The number of ether oxygens (including phenoxy) is 6. The van der Waals surface area contributed by atoms with E-state index in [0.29, 0.717) is 85.7 Å². The second kappa shape index (κ2) is 21.5. The molecule has 3 rings (SSSR count). The molecule has 0 saturated carbocycles. The molecule has 0 aromatic heterocycles. The molecule has 1 atom stereocenters. The van der Waals surface area contributed by atoms with Crippen molar-refractivity contribution in [1.82, 2.24) is 10.2 Å². The maximum Gasteiger partial charge on any atom is 0.264 e. The van der Waals surface area contributed by atoms with E-state index in [4.69, 9.17) is 33.5 Å². The first-order valence-corrected chi connectivity index (χ1v) is 15.7. The molecule has 5 amide bonds. The Morgan fingerprint density at radius 3 is 1.89 bits per heavy atom. The highest BCUT2D eigenvalue weighted by molar-refractivity contribution is 6.26. The molecule has 1 aromatic rings. The van der Waals surface area contributed by atoms with Gasteiger partial charge in [0.15, 0.2) is 0 Å². The van der Waals surface area contributed by atoms with Crippen LogP contribution in [0.15, 0.2) is 18.2 Å². The summed E-state index contributed by atoms with van der Waals surface area (Å²) >= 11 is 0. The summed E-state index contributed by atoms with van der Waals surface area (Å²) in [6, 6.07) is 3.53. The van der Waals surface area contributed by atoms with Gasteiger partial charge in [-0.1, -0.05) is 12.5 Å². The van der Waals surface area contributed by atoms with Crippen molar-refractivity contribution in [2.24, 2.45) is 0 Å². The molecule has 256 valence electrons. The van der Waals surface area contributed by atoms with Crippen LogP contribution in [0.1, 0.15) is 59.2 Å². The molecule has 0 spiro atoms. The van der Waals surface area contributed by atoms with E-state index in [1.807, 2.05) is 0 Å². The third-order valence-corrected chi connectivity index (χ3v) is 7.03. The van der Waals surface area contributed by atoms with Gasteiger partial charge in [-0.3, -0.25) is 34.2 Å². The molecule has 3 N–H and O–H groups in total. The van der Waals surface area contributed by atoms with E-state index in [0.717, 1.165) is 17.7 Å². The third kappa shape index (κ3) is 12.5. The van der Waals surface area contributed by atoms with Crippen LogP contribution >= 0.6 is 0 Å². The van der Waals surface area contributed by atoms with E-state index < -0.39 is 29.7 Å². The van der Waals surface area contributed by atoms with Crippen LogP contribution in [0.25, 0.3) is 0 Å². The van der Waals surface area contributed by atoms with Crippen molar-refractivity contribution in [2.45, 2.75) is 44.6 Å². The van der Waals surface area contributed by atoms with Gasteiger partial charge in [0.25, 0.3) is 11.8 Å². The second-order valence-corrected chi connectivity index (χ2v) is 10.4. The number of fused-ring (bicyclic) bond motifs is 1. The molecule has 2 aliphatic heterocycles. The third-order valence-electron chi connectivity index (χ3n) is 7.03. The topological polar surface area (TPSA) is 188 Å². The molecular weight excluding hydrogens is 606 g/mol. The van der Waals surface area contributed by atoms with Crippen molar-refractivity contribution < 1.29 is 57.5 Å². The number of anilines is 1. The van der Waals surface area contributed by atoms with Crippen molar-refractivity contribution in [3.05, 3.63) is 29.3 Å². The van der Waals surface area contributed by atoms with Gasteiger partial charge in [0.05, 0.1) is 96.1 Å². The SMILES string of the molecule is O=C1CCC(N2C(=O)c3cccc(NC(=O)CCCCCOCCOCCOCCOCCOCCOCCO)c3C2=O)C(=O)N1. The van der Waals surface area contributed by atoms with E-state index in [1.165, 1.54) is 6.07 Å². The van der Waals surface area contributed by atoms with Crippen LogP contribution in [0, 0.1) is 0 Å². The van der Waals surface area contributed by atoms with Gasteiger partial charge in [-0.25, -0.2) is 0 Å². The smallest absolute Gasteiger partial charge is 0.264 e. The monoisotopic (exact) mass is 651 g/mol. The number of benzene rings is 1. The van der Waals surface area contributed by atoms with Crippen molar-refractivity contribution in [3.63, 3.8) is 0 Å². The minimum Gasteiger partial charge on any atom is -0.394 e. The van der Waals surface area contributed by atoms with Crippen LogP contribution in [0.3, 0.4) is 0 Å². The van der Waals surface area contributed by atoms with Gasteiger partial charge < -0.3 is 38.8 Å². The van der Waals surface area contributed by atoms with Gasteiger partial charge in [0.2, 0.25) is 17.7 Å². The van der Waals surface area contributed by atoms with Gasteiger partial charge in [0, 0.05) is 19.4 Å². The average molecular weight is 652 g/mol. The Balaban J connectivity index is 1.16. The van der Waals surface area contributed by atoms with Gasteiger partial charge in [0.1, 0.15) is 6.04 Å². The summed E-state index contributed by atoms with van der Waals surface area (Å²) in [5.41, 5.74) is 0.386. The number of nitrogens with zero attached hydrogens (tertiary/aromatic N) is 1. The molecule has 2 heterocycles. The number of hydrogen-bond donors (Lipinski definition) is 3. The first kappa shape index (κ1) is 37.2. The summed E-state index contributed by atoms with van der Waals surface area (Å²) in [6.07, 6.45) is 2.47. The summed E-state index contributed by atoms with van der Waals surface area (Å²) in [7, 11) is 0. The normalized spacial score (nSPS) is 16.2. The maximum atomic E-state index is 13.1. The molecule has 46 heavy (non-hydrogen) atoms. The fraction of sp³-hybridized carbons (Fsp3) is 0.645. The minimum absolute atomic E-state index is 0.00538. The van der Waals surface area contributed by atoms with E-state index in [-0.39, 0.29) is 48.6 Å². The number of carbonyl (C=O) groups excluding carboxylic acids is 5. The van der Waals surface area contributed by atoms with E-state index in [1.54, 1.807) is 12.1 Å². The Hall–Kier alpha value is -3.31. The predicted molar refractivity (Wildman–Crippen MR) is 162 cm³/mol. The lowest BCUT2D eigenvalue weighted by Crippen LogP contribution is -2.54. The number of carbonyl (C=O) groups is 5. The predicted octanol–water partition coefficient (Wildman–Crippen LogP) is 0.679. The van der Waals surface area contributed by atoms with E-state index in [2.05, 4.69) is 10.6 Å². The number of imide groups is 2. The van der Waals surface area contributed by atoms with Crippen LogP contribution in [-0.2, 0) is 42.8 Å². The lowest BCUT2D eigenvalue weighted by Gasteiger charge is -2.27. The van der Waals surface area contributed by atoms with E-state index in [9.17, 15) is 24.0 Å². The molecule has 15 nitrogen and oxygen atoms in total. The summed E-state index contributed by atoms with van der Waals surface area (Å²) in [5, 5.41) is 13.5. The summed E-state index contributed by atoms with van der Waals surface area (Å²) < 4.78 is 32.3. The fourth-order valence-electron chi connectivity index (χ4n) is 4.76. The number of aliphatic hydroxyl groups excluding tert-OH is 1. The molecule has 0 radical (unpaired) electrons. The summed E-state index contributed by atoms with van der Waals surface area (Å²) in [5.74, 6) is -2.71. The Morgan fingerprint density at radius 2 is 1.33 bits per heavy atom. The summed E-state index contributed by atoms with van der Waals surface area (Å²) in [4.78, 5) is 63.3. The number of nitrogens with one attached hydrogen (secondary N) is 2. The van der Waals surface area contributed by atoms with Gasteiger partial charge in [-0.05, 0) is 31.4 Å². The lowest BCUT2D eigenvalue weighted by atomic mass is 10.0. The molecule has 0 bridgehead atoms. The number of amides is 5. The Kier molecular flexibility index (Phi) is 17.3. The molecule has 1 fully saturated rings. The Morgan fingerprint density at radius 1 is 0.761 bits per heavy atom. The maximum absolute atomic E-state index is 13.1. The Bertz CT molecular complexity index is 1150. The minimum atomic E-state index is -1.07. The number of aliphatic hydroxyl groups is 1. The van der Waals surface area contributed by atoms with Crippen molar-refractivity contribution in [3.8, 4) is 0 Å². The zero-order valence-electron chi connectivity index (χ0n) is 26.1. The van der Waals surface area contributed by atoms with Crippen LogP contribution in [0.5, 0.6) is 0 Å². The number of hydrogen-bond acceptors (Lipinski definition) is 12. The Labute approximate surface area is 268 Å². The molecule has 15 heteroatoms. The highest BCUT2D eigenvalue weighted by atomic mass is 16.6. The van der Waals surface area contributed by atoms with Gasteiger partial charge in [-0.2, -0.15) is 0 Å². The zero-order valence-corrected chi connectivity index (χ0v) is 26.1. The molecular formula is C31H45N3O12. The number of rotatable bonds is 25.